The van der Waals surface area contributed by atoms with Crippen molar-refractivity contribution in [3.05, 3.63) is 66.0 Å². The zero-order valence-corrected chi connectivity index (χ0v) is 20.3. The van der Waals surface area contributed by atoms with E-state index in [0.717, 1.165) is 28.6 Å². The van der Waals surface area contributed by atoms with Crippen LogP contribution < -0.4 is 9.62 Å². The Morgan fingerprint density at radius 2 is 1.61 bits per heavy atom. The first-order chi connectivity index (χ1) is 15.6. The van der Waals surface area contributed by atoms with Gasteiger partial charge in [-0.25, -0.2) is 12.8 Å². The molecule has 2 aromatic rings. The number of amides is 2. The van der Waals surface area contributed by atoms with E-state index in [1.165, 1.54) is 23.1 Å². The lowest BCUT2D eigenvalue weighted by Crippen LogP contribution is -2.53. The van der Waals surface area contributed by atoms with Gasteiger partial charge in [0.15, 0.2) is 0 Å². The van der Waals surface area contributed by atoms with Crippen LogP contribution in [0.15, 0.2) is 54.6 Å². The Morgan fingerprint density at radius 3 is 2.15 bits per heavy atom. The fourth-order valence-corrected chi connectivity index (χ4v) is 4.24. The van der Waals surface area contributed by atoms with Crippen molar-refractivity contribution in [3.8, 4) is 0 Å². The highest BCUT2D eigenvalue weighted by atomic mass is 32.2. The van der Waals surface area contributed by atoms with E-state index in [1.54, 1.807) is 6.92 Å². The summed E-state index contributed by atoms with van der Waals surface area (Å²) in [6.45, 7) is 5.09. The van der Waals surface area contributed by atoms with Gasteiger partial charge < -0.3 is 10.2 Å². The van der Waals surface area contributed by atoms with Gasteiger partial charge in [-0.3, -0.25) is 13.9 Å². The van der Waals surface area contributed by atoms with Crippen LogP contribution in [0.2, 0.25) is 0 Å². The number of carbonyl (C=O) groups excluding carboxylic acids is 2. The van der Waals surface area contributed by atoms with Gasteiger partial charge in [0.05, 0.1) is 11.9 Å². The first kappa shape index (κ1) is 26.3. The molecule has 2 atom stereocenters. The Labute approximate surface area is 195 Å². The minimum atomic E-state index is -3.97. The van der Waals surface area contributed by atoms with Crippen molar-refractivity contribution >= 4 is 27.5 Å². The maximum atomic E-state index is 14.4. The molecule has 0 heterocycles. The third-order valence-electron chi connectivity index (χ3n) is 5.38. The van der Waals surface area contributed by atoms with E-state index >= 15 is 0 Å². The standard InChI is InChI=1S/C24H32FN3O4S/c1-5-18(3)26-24(30)21(6-2)27(16-19-12-8-7-9-13-19)23(29)17-28(33(4,31)32)22-15-11-10-14-20(22)25/h7-15,18,21H,5-6,16-17H2,1-4H3,(H,26,30)/t18-,21+/m0/s1. The molecule has 0 unspecified atom stereocenters. The SMILES string of the molecule is CC[C@H](C(=O)N[C@@H](C)CC)N(Cc1ccccc1)C(=O)CN(c1ccccc1F)S(C)(=O)=O. The molecule has 7 nitrogen and oxygen atoms in total. The fraction of sp³-hybridized carbons (Fsp3) is 0.417. The van der Waals surface area contributed by atoms with Crippen LogP contribution in [0.4, 0.5) is 10.1 Å². The number of halogens is 1. The lowest BCUT2D eigenvalue weighted by Gasteiger charge is -2.33. The van der Waals surface area contributed by atoms with E-state index in [1.807, 2.05) is 44.2 Å². The largest absolute Gasteiger partial charge is 0.352 e. The predicted octanol–water partition coefficient (Wildman–Crippen LogP) is 3.31. The number of sulfonamides is 1. The van der Waals surface area contributed by atoms with E-state index in [-0.39, 0.29) is 24.2 Å². The van der Waals surface area contributed by atoms with E-state index in [4.69, 9.17) is 0 Å². The molecular formula is C24H32FN3O4S. The van der Waals surface area contributed by atoms with E-state index in [2.05, 4.69) is 5.32 Å². The monoisotopic (exact) mass is 477 g/mol. The molecule has 0 fully saturated rings. The van der Waals surface area contributed by atoms with Gasteiger partial charge >= 0.3 is 0 Å². The highest BCUT2D eigenvalue weighted by Gasteiger charge is 2.32. The molecular weight excluding hydrogens is 445 g/mol. The van der Waals surface area contributed by atoms with Crippen molar-refractivity contribution in [3.63, 3.8) is 0 Å². The Kier molecular flexibility index (Phi) is 9.40. The molecule has 9 heteroatoms. The summed E-state index contributed by atoms with van der Waals surface area (Å²) in [6, 6.07) is 13.6. The van der Waals surface area contributed by atoms with E-state index < -0.39 is 34.3 Å². The molecule has 0 aromatic heterocycles. The number of nitrogens with one attached hydrogen (secondary N) is 1. The number of para-hydroxylation sites is 1. The molecule has 0 radical (unpaired) electrons. The number of hydrogen-bond acceptors (Lipinski definition) is 4. The Balaban J connectivity index is 2.42. The second-order valence-electron chi connectivity index (χ2n) is 7.97. The van der Waals surface area contributed by atoms with Crippen LogP contribution in [0.1, 0.15) is 39.2 Å². The minimum Gasteiger partial charge on any atom is -0.352 e. The van der Waals surface area contributed by atoms with Crippen molar-refractivity contribution in [1.29, 1.82) is 0 Å². The van der Waals surface area contributed by atoms with Gasteiger partial charge in [0, 0.05) is 12.6 Å². The smallest absolute Gasteiger partial charge is 0.244 e. The normalized spacial score (nSPS) is 13.1. The molecule has 0 saturated heterocycles. The number of benzene rings is 2. The molecule has 0 saturated carbocycles. The molecule has 0 aliphatic carbocycles. The highest BCUT2D eigenvalue weighted by Crippen LogP contribution is 2.22. The molecule has 2 rings (SSSR count). The van der Waals surface area contributed by atoms with E-state index in [9.17, 15) is 22.4 Å². The Morgan fingerprint density at radius 1 is 1.00 bits per heavy atom. The van der Waals surface area contributed by atoms with Crippen LogP contribution in [-0.4, -0.2) is 50.0 Å². The number of carbonyl (C=O) groups is 2. The predicted molar refractivity (Wildman–Crippen MR) is 128 cm³/mol. The molecule has 0 aliphatic heterocycles. The molecule has 2 amide bonds. The first-order valence-corrected chi connectivity index (χ1v) is 12.8. The molecule has 0 bridgehead atoms. The van der Waals surface area contributed by atoms with Gasteiger partial charge in [-0.1, -0.05) is 56.3 Å². The Hall–Kier alpha value is -2.94. The summed E-state index contributed by atoms with van der Waals surface area (Å²) >= 11 is 0. The maximum absolute atomic E-state index is 14.4. The topological polar surface area (TPSA) is 86.8 Å². The van der Waals surface area contributed by atoms with Crippen molar-refractivity contribution < 1.29 is 22.4 Å². The van der Waals surface area contributed by atoms with Crippen molar-refractivity contribution in [2.45, 2.75) is 52.2 Å². The van der Waals surface area contributed by atoms with Crippen LogP contribution >= 0.6 is 0 Å². The Bertz CT molecular complexity index is 1050. The molecule has 1 N–H and O–H groups in total. The molecule has 0 spiro atoms. The highest BCUT2D eigenvalue weighted by molar-refractivity contribution is 7.92. The summed E-state index contributed by atoms with van der Waals surface area (Å²) in [5, 5.41) is 2.90. The van der Waals surface area contributed by atoms with Gasteiger partial charge in [-0.05, 0) is 37.5 Å². The third kappa shape index (κ3) is 7.28. The zero-order chi connectivity index (χ0) is 24.6. The summed E-state index contributed by atoms with van der Waals surface area (Å²) in [7, 11) is -3.97. The number of rotatable bonds is 11. The molecule has 0 aliphatic rings. The number of hydrogen-bond donors (Lipinski definition) is 1. The van der Waals surface area contributed by atoms with Gasteiger partial charge in [0.25, 0.3) is 0 Å². The summed E-state index contributed by atoms with van der Waals surface area (Å²) < 4.78 is 40.1. The van der Waals surface area contributed by atoms with Crippen molar-refractivity contribution in [2.75, 3.05) is 17.1 Å². The van der Waals surface area contributed by atoms with Crippen molar-refractivity contribution in [2.24, 2.45) is 0 Å². The van der Waals surface area contributed by atoms with Crippen LogP contribution in [0.5, 0.6) is 0 Å². The summed E-state index contributed by atoms with van der Waals surface area (Å²) in [5.74, 6) is -1.67. The summed E-state index contributed by atoms with van der Waals surface area (Å²) in [4.78, 5) is 27.8. The molecule has 33 heavy (non-hydrogen) atoms. The lowest BCUT2D eigenvalue weighted by molar-refractivity contribution is -0.140. The number of anilines is 1. The summed E-state index contributed by atoms with van der Waals surface area (Å²) in [5.41, 5.74) is 0.572. The minimum absolute atomic E-state index is 0.0776. The quantitative estimate of drug-likeness (QED) is 0.538. The van der Waals surface area contributed by atoms with Gasteiger partial charge in [-0.15, -0.1) is 0 Å². The van der Waals surface area contributed by atoms with Crippen LogP contribution in [0.25, 0.3) is 0 Å². The lowest BCUT2D eigenvalue weighted by atomic mass is 10.1. The van der Waals surface area contributed by atoms with E-state index in [0.29, 0.717) is 6.42 Å². The zero-order valence-electron chi connectivity index (χ0n) is 19.5. The average molecular weight is 478 g/mol. The second kappa shape index (κ2) is 11.8. The maximum Gasteiger partial charge on any atom is 0.244 e. The van der Waals surface area contributed by atoms with Crippen LogP contribution in [0, 0.1) is 5.82 Å². The average Bonchev–Trinajstić information content (AvgIpc) is 2.77. The number of nitrogens with zero attached hydrogens (tertiary/aromatic N) is 2. The second-order valence-corrected chi connectivity index (χ2v) is 9.88. The van der Waals surface area contributed by atoms with Crippen LogP contribution in [0.3, 0.4) is 0 Å². The third-order valence-corrected chi connectivity index (χ3v) is 6.51. The molecule has 180 valence electrons. The van der Waals surface area contributed by atoms with Gasteiger partial charge in [0.2, 0.25) is 21.8 Å². The van der Waals surface area contributed by atoms with Gasteiger partial charge in [0.1, 0.15) is 18.4 Å². The van der Waals surface area contributed by atoms with Crippen molar-refractivity contribution in [1.82, 2.24) is 10.2 Å². The summed E-state index contributed by atoms with van der Waals surface area (Å²) in [6.07, 6.45) is 1.98. The van der Waals surface area contributed by atoms with Gasteiger partial charge in [-0.2, -0.15) is 0 Å². The van der Waals surface area contributed by atoms with Crippen LogP contribution in [-0.2, 0) is 26.2 Å². The molecule has 2 aromatic carbocycles. The fourth-order valence-electron chi connectivity index (χ4n) is 3.39. The first-order valence-electron chi connectivity index (χ1n) is 10.9.